The fraction of sp³-hybridized carbons (Fsp3) is 0.667. The van der Waals surface area contributed by atoms with Crippen molar-refractivity contribution in [2.45, 2.75) is 51.2 Å². The first-order valence-corrected chi connectivity index (χ1v) is 7.17. The molecule has 2 heterocycles. The molecule has 1 atom stereocenters. The zero-order chi connectivity index (χ0) is 15.8. The summed E-state index contributed by atoms with van der Waals surface area (Å²) in [6.45, 7) is 9.16. The van der Waals surface area contributed by atoms with Crippen LogP contribution in [0.15, 0.2) is 12.7 Å². The Morgan fingerprint density at radius 1 is 1.43 bits per heavy atom. The van der Waals surface area contributed by atoms with Crippen LogP contribution in [0.4, 0.5) is 4.79 Å². The van der Waals surface area contributed by atoms with E-state index in [2.05, 4.69) is 6.58 Å². The summed E-state index contributed by atoms with van der Waals surface area (Å²) in [6.07, 6.45) is 2.55. The molecule has 2 aliphatic rings. The maximum absolute atomic E-state index is 12.8. The van der Waals surface area contributed by atoms with Crippen LogP contribution >= 0.6 is 0 Å². The Morgan fingerprint density at radius 2 is 2.10 bits per heavy atom. The lowest BCUT2D eigenvalue weighted by Crippen LogP contribution is -2.66. The van der Waals surface area contributed by atoms with Gasteiger partial charge in [-0.25, -0.2) is 9.69 Å². The molecule has 3 amide bonds. The Balaban J connectivity index is 2.30. The van der Waals surface area contributed by atoms with Gasteiger partial charge in [0, 0.05) is 6.54 Å². The van der Waals surface area contributed by atoms with Crippen LogP contribution < -0.4 is 0 Å². The lowest BCUT2D eigenvalue weighted by molar-refractivity contribution is -0.160. The van der Waals surface area contributed by atoms with Crippen LogP contribution in [-0.2, 0) is 14.3 Å². The third-order valence-corrected chi connectivity index (χ3v) is 3.82. The SMILES string of the molecule is C=CC[C@]12CCCN1C(=O)CN(C(=O)OC(C)(C)C)C2=O. The van der Waals surface area contributed by atoms with Crippen LogP contribution in [-0.4, -0.2) is 51.9 Å². The number of hydrogen-bond donors (Lipinski definition) is 0. The van der Waals surface area contributed by atoms with E-state index in [1.54, 1.807) is 31.7 Å². The molecule has 0 aliphatic carbocycles. The fourth-order valence-corrected chi connectivity index (χ4v) is 3.01. The lowest BCUT2D eigenvalue weighted by Gasteiger charge is -2.44. The summed E-state index contributed by atoms with van der Waals surface area (Å²) in [7, 11) is 0. The highest BCUT2D eigenvalue weighted by atomic mass is 16.6. The van der Waals surface area contributed by atoms with E-state index in [0.717, 1.165) is 11.3 Å². The number of ether oxygens (including phenoxy) is 1. The Morgan fingerprint density at radius 3 is 2.67 bits per heavy atom. The van der Waals surface area contributed by atoms with Gasteiger partial charge in [0.05, 0.1) is 0 Å². The molecule has 0 aromatic heterocycles. The van der Waals surface area contributed by atoms with Gasteiger partial charge in [0.2, 0.25) is 5.91 Å². The first kappa shape index (κ1) is 15.5. The number of carbonyl (C=O) groups excluding carboxylic acids is 3. The molecular weight excluding hydrogens is 272 g/mol. The average molecular weight is 294 g/mol. The third kappa shape index (κ3) is 2.66. The van der Waals surface area contributed by atoms with Gasteiger partial charge < -0.3 is 9.64 Å². The van der Waals surface area contributed by atoms with E-state index in [1.165, 1.54) is 0 Å². The largest absolute Gasteiger partial charge is 0.443 e. The first-order valence-electron chi connectivity index (χ1n) is 7.17. The predicted molar refractivity (Wildman–Crippen MR) is 76.4 cm³/mol. The molecule has 0 saturated carbocycles. The maximum atomic E-state index is 12.8. The normalized spacial score (nSPS) is 25.9. The van der Waals surface area contributed by atoms with E-state index in [4.69, 9.17) is 4.74 Å². The van der Waals surface area contributed by atoms with Gasteiger partial charge >= 0.3 is 6.09 Å². The van der Waals surface area contributed by atoms with Crippen molar-refractivity contribution in [1.82, 2.24) is 9.80 Å². The molecule has 0 N–H and O–H groups in total. The number of amides is 3. The molecule has 2 aliphatic heterocycles. The molecule has 21 heavy (non-hydrogen) atoms. The summed E-state index contributed by atoms with van der Waals surface area (Å²) in [5.41, 5.74) is -1.66. The molecule has 116 valence electrons. The zero-order valence-corrected chi connectivity index (χ0v) is 12.8. The molecule has 2 rings (SSSR count). The minimum atomic E-state index is -0.950. The molecule has 6 heteroatoms. The Kier molecular flexibility index (Phi) is 3.82. The van der Waals surface area contributed by atoms with Crippen molar-refractivity contribution in [1.29, 1.82) is 0 Å². The molecule has 0 aromatic carbocycles. The van der Waals surface area contributed by atoms with Crippen molar-refractivity contribution in [2.24, 2.45) is 0 Å². The summed E-state index contributed by atoms with van der Waals surface area (Å²) in [5.74, 6) is -0.562. The van der Waals surface area contributed by atoms with E-state index in [0.29, 0.717) is 19.4 Å². The summed E-state index contributed by atoms with van der Waals surface area (Å²) < 4.78 is 5.24. The summed E-state index contributed by atoms with van der Waals surface area (Å²) in [4.78, 5) is 39.8. The molecule has 0 unspecified atom stereocenters. The van der Waals surface area contributed by atoms with Crippen molar-refractivity contribution in [3.63, 3.8) is 0 Å². The second-order valence-electron chi connectivity index (χ2n) is 6.54. The molecule has 2 saturated heterocycles. The molecule has 0 spiro atoms. The first-order chi connectivity index (χ1) is 9.71. The number of piperazine rings is 1. The van der Waals surface area contributed by atoms with E-state index in [-0.39, 0.29) is 18.4 Å². The standard InChI is InChI=1S/C15H22N2O4/c1-5-7-15-8-6-9-17(15)11(18)10-16(12(15)19)13(20)21-14(2,3)4/h5H,1,6-10H2,2-4H3/t15-/m1/s1. The van der Waals surface area contributed by atoms with Crippen molar-refractivity contribution in [3.8, 4) is 0 Å². The van der Waals surface area contributed by atoms with E-state index >= 15 is 0 Å². The monoisotopic (exact) mass is 294 g/mol. The predicted octanol–water partition coefficient (Wildman–Crippen LogP) is 1.70. The van der Waals surface area contributed by atoms with Crippen molar-refractivity contribution >= 4 is 17.9 Å². The molecular formula is C15H22N2O4. The van der Waals surface area contributed by atoms with Crippen LogP contribution in [0.2, 0.25) is 0 Å². The summed E-state index contributed by atoms with van der Waals surface area (Å²) >= 11 is 0. The van der Waals surface area contributed by atoms with Gasteiger partial charge in [0.25, 0.3) is 5.91 Å². The topological polar surface area (TPSA) is 66.9 Å². The second kappa shape index (κ2) is 5.16. The fourth-order valence-electron chi connectivity index (χ4n) is 3.01. The van der Waals surface area contributed by atoms with Crippen LogP contribution in [0.25, 0.3) is 0 Å². The van der Waals surface area contributed by atoms with Crippen LogP contribution in [0.1, 0.15) is 40.0 Å². The summed E-state index contributed by atoms with van der Waals surface area (Å²) in [5, 5.41) is 0. The Labute approximate surface area is 124 Å². The van der Waals surface area contributed by atoms with Crippen LogP contribution in [0.3, 0.4) is 0 Å². The Hall–Kier alpha value is -1.85. The highest BCUT2D eigenvalue weighted by Crippen LogP contribution is 2.38. The average Bonchev–Trinajstić information content (AvgIpc) is 2.77. The smallest absolute Gasteiger partial charge is 0.417 e. The Bertz CT molecular complexity index is 494. The molecule has 0 radical (unpaired) electrons. The molecule has 0 aromatic rings. The maximum Gasteiger partial charge on any atom is 0.417 e. The van der Waals surface area contributed by atoms with Crippen molar-refractivity contribution in [2.75, 3.05) is 13.1 Å². The van der Waals surface area contributed by atoms with Crippen molar-refractivity contribution in [3.05, 3.63) is 12.7 Å². The van der Waals surface area contributed by atoms with Crippen LogP contribution in [0.5, 0.6) is 0 Å². The number of imide groups is 1. The van der Waals surface area contributed by atoms with E-state index in [9.17, 15) is 14.4 Å². The highest BCUT2D eigenvalue weighted by Gasteiger charge is 2.56. The van der Waals surface area contributed by atoms with Crippen LogP contribution in [0, 0.1) is 0 Å². The highest BCUT2D eigenvalue weighted by molar-refractivity contribution is 6.06. The molecule has 0 bridgehead atoms. The number of fused-ring (bicyclic) bond motifs is 1. The minimum absolute atomic E-state index is 0.209. The van der Waals surface area contributed by atoms with Gasteiger partial charge in [0.1, 0.15) is 17.7 Å². The second-order valence-corrected chi connectivity index (χ2v) is 6.54. The number of nitrogens with zero attached hydrogens (tertiary/aromatic N) is 2. The number of carbonyl (C=O) groups is 3. The van der Waals surface area contributed by atoms with Gasteiger partial charge in [-0.3, -0.25) is 9.59 Å². The molecule has 6 nitrogen and oxygen atoms in total. The van der Waals surface area contributed by atoms with E-state index < -0.39 is 17.2 Å². The third-order valence-electron chi connectivity index (χ3n) is 3.82. The molecule has 2 fully saturated rings. The van der Waals surface area contributed by atoms with Gasteiger partial charge in [-0.2, -0.15) is 0 Å². The van der Waals surface area contributed by atoms with Gasteiger partial charge in [-0.1, -0.05) is 6.08 Å². The number of rotatable bonds is 2. The van der Waals surface area contributed by atoms with Gasteiger partial charge in [-0.05, 0) is 40.0 Å². The lowest BCUT2D eigenvalue weighted by atomic mass is 9.88. The van der Waals surface area contributed by atoms with E-state index in [1.807, 2.05) is 0 Å². The quantitative estimate of drug-likeness (QED) is 0.727. The van der Waals surface area contributed by atoms with Gasteiger partial charge in [0.15, 0.2) is 0 Å². The zero-order valence-electron chi connectivity index (χ0n) is 12.8. The summed E-state index contributed by atoms with van der Waals surface area (Å²) in [6, 6.07) is 0. The minimum Gasteiger partial charge on any atom is -0.443 e. The van der Waals surface area contributed by atoms with Gasteiger partial charge in [-0.15, -0.1) is 6.58 Å². The number of hydrogen-bond acceptors (Lipinski definition) is 4. The van der Waals surface area contributed by atoms with Crippen molar-refractivity contribution < 1.29 is 19.1 Å².